The lowest BCUT2D eigenvalue weighted by Gasteiger charge is -2.04. The van der Waals surface area contributed by atoms with Crippen LogP contribution in [-0.2, 0) is 0 Å². The molecule has 76 valence electrons. The Kier molecular flexibility index (Phi) is 3.07. The molecule has 0 bridgehead atoms. The molecule has 0 aromatic heterocycles. The van der Waals surface area contributed by atoms with Crippen molar-refractivity contribution >= 4 is 32.8 Å². The Morgan fingerprint density at radius 3 is 2.73 bits per heavy atom. The van der Waals surface area contributed by atoms with E-state index in [0.717, 1.165) is 21.7 Å². The molecule has 1 N–H and O–H groups in total. The first kappa shape index (κ1) is 10.2. The molecule has 0 aliphatic heterocycles. The normalized spacial score (nSPS) is 11.3. The highest BCUT2D eigenvalue weighted by Gasteiger charge is 2.02. The molecular weight excluding hydrogens is 252 g/mol. The van der Waals surface area contributed by atoms with Crippen LogP contribution < -0.4 is 0 Å². The van der Waals surface area contributed by atoms with Crippen molar-refractivity contribution in [1.29, 1.82) is 0 Å². The van der Waals surface area contributed by atoms with Crippen molar-refractivity contribution in [3.8, 4) is 5.75 Å². The van der Waals surface area contributed by atoms with Gasteiger partial charge in [0.05, 0.1) is 0 Å². The summed E-state index contributed by atoms with van der Waals surface area (Å²) in [4.78, 5) is 0. The van der Waals surface area contributed by atoms with E-state index < -0.39 is 0 Å². The average molecular weight is 263 g/mol. The summed E-state index contributed by atoms with van der Waals surface area (Å²) >= 11 is 3.33. The minimum absolute atomic E-state index is 0.325. The second kappa shape index (κ2) is 4.49. The average Bonchev–Trinajstić information content (AvgIpc) is 2.28. The summed E-state index contributed by atoms with van der Waals surface area (Å²) in [5, 5.41) is 12.8. The molecule has 0 spiro atoms. The van der Waals surface area contributed by atoms with Crippen LogP contribution in [0.3, 0.4) is 0 Å². The van der Waals surface area contributed by atoms with Gasteiger partial charge in [-0.2, -0.15) is 0 Å². The highest BCUT2D eigenvalue weighted by atomic mass is 79.9. The predicted octanol–water partition coefficient (Wildman–Crippen LogP) is 3.95. The van der Waals surface area contributed by atoms with E-state index in [9.17, 15) is 5.11 Å². The summed E-state index contributed by atoms with van der Waals surface area (Å²) in [5.41, 5.74) is 0.882. The smallest absolute Gasteiger partial charge is 0.123 e. The fourth-order valence-corrected chi connectivity index (χ4v) is 1.81. The van der Waals surface area contributed by atoms with Crippen molar-refractivity contribution in [1.82, 2.24) is 0 Å². The van der Waals surface area contributed by atoms with Gasteiger partial charge in [-0.05, 0) is 16.8 Å². The van der Waals surface area contributed by atoms with Crippen LogP contribution in [0.1, 0.15) is 5.56 Å². The number of halogens is 1. The van der Waals surface area contributed by atoms with Gasteiger partial charge in [0.15, 0.2) is 0 Å². The van der Waals surface area contributed by atoms with Crippen molar-refractivity contribution in [2.24, 2.45) is 0 Å². The number of aromatic hydroxyl groups is 1. The fourth-order valence-electron chi connectivity index (χ4n) is 1.62. The maximum absolute atomic E-state index is 9.77. The molecule has 0 amide bonds. The van der Waals surface area contributed by atoms with E-state index in [2.05, 4.69) is 15.9 Å². The van der Waals surface area contributed by atoms with Gasteiger partial charge in [-0.25, -0.2) is 0 Å². The molecule has 0 radical (unpaired) electrons. The minimum Gasteiger partial charge on any atom is -0.507 e. The van der Waals surface area contributed by atoms with Gasteiger partial charge in [-0.1, -0.05) is 58.4 Å². The zero-order valence-corrected chi connectivity index (χ0v) is 9.74. The van der Waals surface area contributed by atoms with E-state index in [1.54, 1.807) is 6.07 Å². The first-order valence-corrected chi connectivity index (χ1v) is 5.88. The monoisotopic (exact) mass is 262 g/mol. The molecule has 0 aliphatic carbocycles. The molecular formula is C13H11BrO. The van der Waals surface area contributed by atoms with Crippen molar-refractivity contribution in [3.05, 3.63) is 48.0 Å². The van der Waals surface area contributed by atoms with Gasteiger partial charge < -0.3 is 5.11 Å². The number of hydrogen-bond acceptors (Lipinski definition) is 1. The first-order valence-electron chi connectivity index (χ1n) is 4.76. The minimum atomic E-state index is 0.325. The molecule has 0 unspecified atom stereocenters. The Bertz CT molecular complexity index is 503. The zero-order chi connectivity index (χ0) is 10.7. The van der Waals surface area contributed by atoms with Gasteiger partial charge in [0.25, 0.3) is 0 Å². The van der Waals surface area contributed by atoms with Crippen molar-refractivity contribution < 1.29 is 5.11 Å². The van der Waals surface area contributed by atoms with Crippen molar-refractivity contribution in [2.45, 2.75) is 0 Å². The number of hydrogen-bond donors (Lipinski definition) is 1. The van der Waals surface area contributed by atoms with Gasteiger partial charge in [-0.3, -0.25) is 0 Å². The van der Waals surface area contributed by atoms with Crippen LogP contribution >= 0.6 is 15.9 Å². The van der Waals surface area contributed by atoms with Crippen LogP contribution in [0.4, 0.5) is 0 Å². The lowest BCUT2D eigenvalue weighted by atomic mass is 10.0. The molecule has 0 atom stereocenters. The summed E-state index contributed by atoms with van der Waals surface area (Å²) in [5.74, 6) is 0.325. The quantitative estimate of drug-likeness (QED) is 0.813. The maximum Gasteiger partial charge on any atom is 0.123 e. The Balaban J connectivity index is 2.68. The topological polar surface area (TPSA) is 20.2 Å². The summed E-state index contributed by atoms with van der Waals surface area (Å²) in [6.07, 6.45) is 3.91. The number of fused-ring (bicyclic) bond motifs is 1. The zero-order valence-electron chi connectivity index (χ0n) is 8.15. The van der Waals surface area contributed by atoms with E-state index in [-0.39, 0.29) is 0 Å². The fraction of sp³-hybridized carbons (Fsp3) is 0.0769. The molecule has 2 rings (SSSR count). The lowest BCUT2D eigenvalue weighted by molar-refractivity contribution is 0.475. The second-order valence-electron chi connectivity index (χ2n) is 3.28. The second-order valence-corrected chi connectivity index (χ2v) is 3.92. The Morgan fingerprint density at radius 2 is 1.93 bits per heavy atom. The van der Waals surface area contributed by atoms with Crippen LogP contribution in [0.15, 0.2) is 42.5 Å². The van der Waals surface area contributed by atoms with Gasteiger partial charge in [0.2, 0.25) is 0 Å². The number of benzene rings is 2. The predicted molar refractivity (Wildman–Crippen MR) is 68.4 cm³/mol. The van der Waals surface area contributed by atoms with Crippen LogP contribution in [-0.4, -0.2) is 10.4 Å². The Hall–Kier alpha value is -1.28. The summed E-state index contributed by atoms with van der Waals surface area (Å²) in [6, 6.07) is 11.7. The number of rotatable bonds is 2. The number of alkyl halides is 1. The molecule has 0 saturated heterocycles. The molecule has 2 heteroatoms. The number of phenols is 1. The number of allylic oxidation sites excluding steroid dienone is 1. The molecule has 2 aromatic rings. The van der Waals surface area contributed by atoms with E-state index >= 15 is 0 Å². The van der Waals surface area contributed by atoms with Crippen molar-refractivity contribution in [2.75, 3.05) is 5.33 Å². The van der Waals surface area contributed by atoms with Crippen LogP contribution in [0.25, 0.3) is 16.8 Å². The molecule has 15 heavy (non-hydrogen) atoms. The standard InChI is InChI=1S/C13H11BrO/c14-9-3-6-12-11-5-2-1-4-10(11)7-8-13(12)15/h1-8,15H,9H2. The van der Waals surface area contributed by atoms with E-state index in [1.165, 1.54) is 0 Å². The third kappa shape index (κ3) is 2.05. The Morgan fingerprint density at radius 1 is 1.13 bits per heavy atom. The molecule has 0 heterocycles. The van der Waals surface area contributed by atoms with Crippen LogP contribution in [0, 0.1) is 0 Å². The third-order valence-corrected chi connectivity index (χ3v) is 2.70. The van der Waals surface area contributed by atoms with Crippen molar-refractivity contribution in [3.63, 3.8) is 0 Å². The first-order chi connectivity index (χ1) is 7.33. The molecule has 0 aliphatic rings. The largest absolute Gasteiger partial charge is 0.507 e. The van der Waals surface area contributed by atoms with Crippen LogP contribution in [0.5, 0.6) is 5.75 Å². The van der Waals surface area contributed by atoms with Gasteiger partial charge >= 0.3 is 0 Å². The van der Waals surface area contributed by atoms with Crippen LogP contribution in [0.2, 0.25) is 0 Å². The SMILES string of the molecule is Oc1ccc2ccccc2c1C=CCBr. The molecule has 0 fully saturated rings. The summed E-state index contributed by atoms with van der Waals surface area (Å²) < 4.78 is 0. The van der Waals surface area contributed by atoms with Gasteiger partial charge in [0, 0.05) is 10.9 Å². The Labute approximate surface area is 97.2 Å². The highest BCUT2D eigenvalue weighted by molar-refractivity contribution is 9.09. The highest BCUT2D eigenvalue weighted by Crippen LogP contribution is 2.28. The summed E-state index contributed by atoms with van der Waals surface area (Å²) in [7, 11) is 0. The van der Waals surface area contributed by atoms with E-state index in [0.29, 0.717) is 5.75 Å². The molecule has 1 nitrogen and oxygen atoms in total. The molecule has 2 aromatic carbocycles. The number of phenolic OH excluding ortho intramolecular Hbond substituents is 1. The third-order valence-electron chi connectivity index (χ3n) is 2.32. The lowest BCUT2D eigenvalue weighted by Crippen LogP contribution is -1.79. The van der Waals surface area contributed by atoms with Gasteiger partial charge in [-0.15, -0.1) is 0 Å². The van der Waals surface area contributed by atoms with E-state index in [4.69, 9.17) is 0 Å². The maximum atomic E-state index is 9.77. The molecule has 0 saturated carbocycles. The van der Waals surface area contributed by atoms with Gasteiger partial charge in [0.1, 0.15) is 5.75 Å². The van der Waals surface area contributed by atoms with E-state index in [1.807, 2.05) is 42.5 Å². The summed E-state index contributed by atoms with van der Waals surface area (Å²) in [6.45, 7) is 0.